The average Bonchev–Trinajstić information content (AvgIpc) is 3.33. The quantitative estimate of drug-likeness (QED) is 0.323. The Morgan fingerprint density at radius 1 is 1.03 bits per heavy atom. The van der Waals surface area contributed by atoms with Crippen LogP contribution in [-0.2, 0) is 0 Å². The topological polar surface area (TPSA) is 82.0 Å². The van der Waals surface area contributed by atoms with Gasteiger partial charge in [0.2, 0.25) is 0 Å². The molecule has 174 valence electrons. The molecular weight excluding hydrogens is 404 g/mol. The van der Waals surface area contributed by atoms with E-state index in [0.717, 1.165) is 62.3 Å². The monoisotopic (exact) mass is 440 g/mol. The number of hydrogen-bond acceptors (Lipinski definition) is 6. The Bertz CT molecular complexity index is 817. The van der Waals surface area contributed by atoms with Crippen molar-refractivity contribution >= 4 is 5.78 Å². The van der Waals surface area contributed by atoms with Gasteiger partial charge in [0, 0.05) is 24.6 Å². The van der Waals surface area contributed by atoms with E-state index in [9.17, 15) is 15.0 Å². The van der Waals surface area contributed by atoms with E-state index in [1.54, 1.807) is 31.4 Å². The summed E-state index contributed by atoms with van der Waals surface area (Å²) in [6.45, 7) is 3.75. The fraction of sp³-hybridized carbons (Fsp3) is 0.500. The molecule has 2 atom stereocenters. The van der Waals surface area contributed by atoms with Crippen molar-refractivity contribution in [3.63, 3.8) is 0 Å². The number of nitrogens with zero attached hydrogens (tertiary/aromatic N) is 1. The highest BCUT2D eigenvalue weighted by Crippen LogP contribution is 2.22. The Balaban J connectivity index is 1.42. The molecule has 3 N–H and O–H groups in total. The molecule has 1 aliphatic rings. The van der Waals surface area contributed by atoms with Crippen LogP contribution in [0.2, 0.25) is 0 Å². The number of aliphatic hydroxyl groups excluding tert-OH is 1. The summed E-state index contributed by atoms with van der Waals surface area (Å²) in [6, 6.07) is 14.0. The molecule has 2 aromatic rings. The predicted octanol–water partition coefficient (Wildman–Crippen LogP) is 3.93. The van der Waals surface area contributed by atoms with Gasteiger partial charge in [0.25, 0.3) is 0 Å². The first-order valence-corrected chi connectivity index (χ1v) is 11.7. The normalized spacial score (nSPS) is 16.1. The van der Waals surface area contributed by atoms with E-state index in [4.69, 9.17) is 4.74 Å². The number of unbranched alkanes of at least 4 members (excludes halogenated alkanes) is 2. The molecule has 3 rings (SSSR count). The zero-order chi connectivity index (χ0) is 22.8. The summed E-state index contributed by atoms with van der Waals surface area (Å²) in [7, 11) is 1.62. The van der Waals surface area contributed by atoms with Crippen LogP contribution in [-0.4, -0.2) is 60.2 Å². The molecule has 0 amide bonds. The van der Waals surface area contributed by atoms with Crippen molar-refractivity contribution in [1.29, 1.82) is 0 Å². The number of benzene rings is 2. The first kappa shape index (κ1) is 24.2. The molecule has 2 unspecified atom stereocenters. The molecule has 0 bridgehead atoms. The Morgan fingerprint density at radius 3 is 2.38 bits per heavy atom. The molecule has 32 heavy (non-hydrogen) atoms. The minimum atomic E-state index is -0.632. The number of carbonyl (C=O) groups is 1. The second kappa shape index (κ2) is 12.6. The van der Waals surface area contributed by atoms with Crippen LogP contribution in [0, 0.1) is 0 Å². The Hall–Kier alpha value is -2.41. The minimum absolute atomic E-state index is 0.0708. The third kappa shape index (κ3) is 7.33. The molecule has 0 aliphatic carbocycles. The van der Waals surface area contributed by atoms with Gasteiger partial charge in [0.1, 0.15) is 11.5 Å². The van der Waals surface area contributed by atoms with E-state index in [0.29, 0.717) is 6.42 Å². The minimum Gasteiger partial charge on any atom is -0.508 e. The van der Waals surface area contributed by atoms with E-state index in [1.807, 2.05) is 24.3 Å². The molecule has 2 aromatic carbocycles. The maximum absolute atomic E-state index is 12.3. The number of aliphatic hydroxyl groups is 1. The summed E-state index contributed by atoms with van der Waals surface area (Å²) in [6.07, 6.45) is 5.10. The number of aromatic hydroxyl groups is 1. The first-order valence-electron chi connectivity index (χ1n) is 11.7. The molecular formula is C26H36N2O4. The molecule has 6 heteroatoms. The Labute approximate surface area is 191 Å². The number of methoxy groups -OCH3 is 1. The van der Waals surface area contributed by atoms with Crippen molar-refractivity contribution in [2.75, 3.05) is 33.3 Å². The average molecular weight is 441 g/mol. The van der Waals surface area contributed by atoms with Crippen LogP contribution in [0.15, 0.2) is 48.5 Å². The lowest BCUT2D eigenvalue weighted by molar-refractivity contribution is 0.0978. The summed E-state index contributed by atoms with van der Waals surface area (Å²) in [4.78, 5) is 14.7. The summed E-state index contributed by atoms with van der Waals surface area (Å²) in [5.41, 5.74) is 1.54. The molecule has 0 saturated carbocycles. The summed E-state index contributed by atoms with van der Waals surface area (Å²) in [5.74, 6) is 1.12. The fourth-order valence-corrected chi connectivity index (χ4v) is 4.22. The lowest BCUT2D eigenvalue weighted by Gasteiger charge is -2.29. The Kier molecular flexibility index (Phi) is 9.53. The third-order valence-corrected chi connectivity index (χ3v) is 6.17. The highest BCUT2D eigenvalue weighted by Gasteiger charge is 2.24. The van der Waals surface area contributed by atoms with E-state index in [2.05, 4.69) is 10.2 Å². The number of likely N-dealkylation sites (tertiary alicyclic amines) is 1. The van der Waals surface area contributed by atoms with Crippen LogP contribution >= 0.6 is 0 Å². The van der Waals surface area contributed by atoms with Crippen LogP contribution < -0.4 is 10.1 Å². The number of hydrogen-bond donors (Lipinski definition) is 3. The zero-order valence-electron chi connectivity index (χ0n) is 19.0. The highest BCUT2D eigenvalue weighted by atomic mass is 16.5. The largest absolute Gasteiger partial charge is 0.508 e. The van der Waals surface area contributed by atoms with Gasteiger partial charge in [-0.05, 0) is 87.3 Å². The number of Topliss-reactive ketones (excluding diaryl/α,β-unsaturated/α-hetero) is 1. The van der Waals surface area contributed by atoms with E-state index in [1.165, 1.54) is 12.8 Å². The second-order valence-corrected chi connectivity index (χ2v) is 8.57. The molecule has 1 fully saturated rings. The van der Waals surface area contributed by atoms with Gasteiger partial charge in [0.15, 0.2) is 5.78 Å². The van der Waals surface area contributed by atoms with E-state index < -0.39 is 6.10 Å². The van der Waals surface area contributed by atoms with Gasteiger partial charge < -0.3 is 25.2 Å². The number of ketones is 1. The van der Waals surface area contributed by atoms with Crippen LogP contribution in [0.5, 0.6) is 11.5 Å². The SMILES string of the molecule is COc1ccc(C(=O)CCCCCNC(CN2CCCC2)C(O)c2ccc(O)cc2)cc1. The maximum atomic E-state index is 12.3. The van der Waals surface area contributed by atoms with Crippen LogP contribution in [0.1, 0.15) is 60.6 Å². The molecule has 1 aliphatic heterocycles. The zero-order valence-corrected chi connectivity index (χ0v) is 19.0. The number of rotatable bonds is 13. The van der Waals surface area contributed by atoms with Gasteiger partial charge in [-0.3, -0.25) is 4.79 Å². The van der Waals surface area contributed by atoms with Crippen molar-refractivity contribution in [2.45, 2.75) is 50.7 Å². The van der Waals surface area contributed by atoms with Crippen molar-refractivity contribution in [3.05, 3.63) is 59.7 Å². The van der Waals surface area contributed by atoms with Crippen molar-refractivity contribution < 1.29 is 19.7 Å². The lowest BCUT2D eigenvalue weighted by atomic mass is 10.0. The molecule has 1 saturated heterocycles. The number of nitrogens with one attached hydrogen (secondary N) is 1. The first-order chi connectivity index (χ1) is 15.6. The van der Waals surface area contributed by atoms with E-state index >= 15 is 0 Å². The van der Waals surface area contributed by atoms with Gasteiger partial charge in [-0.1, -0.05) is 18.6 Å². The molecule has 6 nitrogen and oxygen atoms in total. The number of phenols is 1. The molecule has 0 spiro atoms. The van der Waals surface area contributed by atoms with Crippen LogP contribution in [0.25, 0.3) is 0 Å². The lowest BCUT2D eigenvalue weighted by Crippen LogP contribution is -2.44. The van der Waals surface area contributed by atoms with Gasteiger partial charge in [0.05, 0.1) is 13.2 Å². The van der Waals surface area contributed by atoms with Gasteiger partial charge in [-0.15, -0.1) is 0 Å². The predicted molar refractivity (Wildman–Crippen MR) is 126 cm³/mol. The van der Waals surface area contributed by atoms with Crippen molar-refractivity contribution in [3.8, 4) is 11.5 Å². The smallest absolute Gasteiger partial charge is 0.162 e. The van der Waals surface area contributed by atoms with Gasteiger partial charge >= 0.3 is 0 Å². The number of phenolic OH excluding ortho intramolecular Hbond substituents is 1. The summed E-state index contributed by atoms with van der Waals surface area (Å²) >= 11 is 0. The Morgan fingerprint density at radius 2 is 1.72 bits per heavy atom. The van der Waals surface area contributed by atoms with Crippen molar-refractivity contribution in [1.82, 2.24) is 10.2 Å². The van der Waals surface area contributed by atoms with Gasteiger partial charge in [-0.2, -0.15) is 0 Å². The standard InChI is InChI=1S/C26H36N2O4/c1-32-23-14-10-20(11-15-23)25(30)7-3-2-4-16-27-24(19-28-17-5-6-18-28)26(31)21-8-12-22(29)13-9-21/h8-15,24,26-27,29,31H,2-7,16-19H2,1H3. The third-order valence-electron chi connectivity index (χ3n) is 6.17. The molecule has 0 aromatic heterocycles. The van der Waals surface area contributed by atoms with Gasteiger partial charge in [-0.25, -0.2) is 0 Å². The summed E-state index contributed by atoms with van der Waals surface area (Å²) in [5, 5.41) is 24.0. The molecule has 0 radical (unpaired) electrons. The van der Waals surface area contributed by atoms with Crippen LogP contribution in [0.4, 0.5) is 0 Å². The molecule has 1 heterocycles. The van der Waals surface area contributed by atoms with Crippen LogP contribution in [0.3, 0.4) is 0 Å². The van der Waals surface area contributed by atoms with Crippen molar-refractivity contribution in [2.24, 2.45) is 0 Å². The van der Waals surface area contributed by atoms with E-state index in [-0.39, 0.29) is 17.6 Å². The maximum Gasteiger partial charge on any atom is 0.162 e. The number of ether oxygens (including phenoxy) is 1. The highest BCUT2D eigenvalue weighted by molar-refractivity contribution is 5.96. The number of carbonyl (C=O) groups excluding carboxylic acids is 1. The second-order valence-electron chi connectivity index (χ2n) is 8.57. The fourth-order valence-electron chi connectivity index (χ4n) is 4.22. The summed E-state index contributed by atoms with van der Waals surface area (Å²) < 4.78 is 5.14.